The number of benzene rings is 1. The zero-order valence-corrected chi connectivity index (χ0v) is 11.8. The number of hydrogen-bond acceptors (Lipinski definition) is 3. The summed E-state index contributed by atoms with van der Waals surface area (Å²) in [5.41, 5.74) is 1.59. The van der Waals surface area contributed by atoms with Gasteiger partial charge in [0.25, 0.3) is 0 Å². The number of ketones is 1. The number of pyridine rings is 1. The van der Waals surface area contributed by atoms with Crippen LogP contribution < -0.4 is 0 Å². The quantitative estimate of drug-likeness (QED) is 0.587. The van der Waals surface area contributed by atoms with E-state index in [0.29, 0.717) is 6.42 Å². The zero-order valence-electron chi connectivity index (χ0n) is 11.0. The maximum Gasteiger partial charge on any atom is 0.168 e. The van der Waals surface area contributed by atoms with Gasteiger partial charge in [-0.2, -0.15) is 0 Å². The summed E-state index contributed by atoms with van der Waals surface area (Å²) in [6.07, 6.45) is 1.49. The summed E-state index contributed by atoms with van der Waals surface area (Å²) in [5, 5.41) is 1.00. The van der Waals surface area contributed by atoms with Crippen molar-refractivity contribution in [3.63, 3.8) is 0 Å². The summed E-state index contributed by atoms with van der Waals surface area (Å²) in [6, 6.07) is 15.3. The van der Waals surface area contributed by atoms with Gasteiger partial charge in [0, 0.05) is 11.3 Å². The van der Waals surface area contributed by atoms with Gasteiger partial charge in [0.15, 0.2) is 5.78 Å². The summed E-state index contributed by atoms with van der Waals surface area (Å²) in [4.78, 5) is 16.6. The molecule has 0 N–H and O–H groups in total. The van der Waals surface area contributed by atoms with Gasteiger partial charge < -0.3 is 0 Å². The summed E-state index contributed by atoms with van der Waals surface area (Å²) in [6.45, 7) is 2.15. The van der Waals surface area contributed by atoms with E-state index >= 15 is 0 Å². The number of carbonyl (C=O) groups is 1. The second kappa shape index (κ2) is 7.10. The number of aromatic nitrogens is 1. The van der Waals surface area contributed by atoms with Gasteiger partial charge in [0.05, 0.1) is 11.4 Å². The van der Waals surface area contributed by atoms with E-state index in [1.54, 1.807) is 11.8 Å². The Labute approximate surface area is 118 Å². The largest absolute Gasteiger partial charge is 0.294 e. The highest BCUT2D eigenvalue weighted by atomic mass is 32.2. The van der Waals surface area contributed by atoms with Crippen LogP contribution in [-0.2, 0) is 6.42 Å². The Morgan fingerprint density at radius 2 is 1.89 bits per heavy atom. The molecule has 0 atom stereocenters. The Balaban J connectivity index is 2.05. The molecule has 0 saturated heterocycles. The second-order valence-electron chi connectivity index (χ2n) is 4.28. The van der Waals surface area contributed by atoms with Crippen LogP contribution in [0.15, 0.2) is 53.6 Å². The first-order chi connectivity index (χ1) is 9.29. The van der Waals surface area contributed by atoms with E-state index in [1.165, 1.54) is 0 Å². The van der Waals surface area contributed by atoms with Crippen molar-refractivity contribution in [2.45, 2.75) is 24.8 Å². The number of Topliss-reactive ketones (excluding diaryl/α,β-unsaturated/α-hetero) is 1. The van der Waals surface area contributed by atoms with Gasteiger partial charge in [-0.25, -0.2) is 4.98 Å². The van der Waals surface area contributed by atoms with Crippen molar-refractivity contribution in [1.82, 2.24) is 4.98 Å². The van der Waals surface area contributed by atoms with Crippen LogP contribution in [-0.4, -0.2) is 16.5 Å². The predicted molar refractivity (Wildman–Crippen MR) is 79.7 cm³/mol. The lowest BCUT2D eigenvalue weighted by Gasteiger charge is -2.03. The van der Waals surface area contributed by atoms with Crippen molar-refractivity contribution in [2.24, 2.45) is 0 Å². The van der Waals surface area contributed by atoms with E-state index in [2.05, 4.69) is 11.9 Å². The van der Waals surface area contributed by atoms with Crippen LogP contribution in [0.3, 0.4) is 0 Å². The van der Waals surface area contributed by atoms with Crippen LogP contribution in [0.5, 0.6) is 0 Å². The Bertz CT molecular complexity index is 539. The highest BCUT2D eigenvalue weighted by molar-refractivity contribution is 7.99. The predicted octanol–water partition coefficient (Wildman–Crippen LogP) is 4.01. The molecule has 0 radical (unpaired) electrons. The fourth-order valence-electron chi connectivity index (χ4n) is 1.73. The standard InChI is InChI=1S/C16H17NOS/c1-2-11-19-16-10-6-9-14(17-16)12-15(18)13-7-4-3-5-8-13/h3-10H,2,11-12H2,1H3. The monoisotopic (exact) mass is 271 g/mol. The van der Waals surface area contributed by atoms with E-state index in [0.717, 1.165) is 28.5 Å². The van der Waals surface area contributed by atoms with E-state index in [9.17, 15) is 4.79 Å². The van der Waals surface area contributed by atoms with Gasteiger partial charge in [0.1, 0.15) is 0 Å². The Hall–Kier alpha value is -1.61. The van der Waals surface area contributed by atoms with Gasteiger partial charge in [-0.15, -0.1) is 11.8 Å². The molecule has 2 aromatic rings. The number of nitrogens with zero attached hydrogens (tertiary/aromatic N) is 1. The lowest BCUT2D eigenvalue weighted by molar-refractivity contribution is 0.0992. The molecule has 0 bridgehead atoms. The number of rotatable bonds is 6. The molecule has 1 aromatic carbocycles. The third-order valence-electron chi connectivity index (χ3n) is 2.67. The van der Waals surface area contributed by atoms with Crippen molar-refractivity contribution in [3.05, 3.63) is 59.8 Å². The molecule has 98 valence electrons. The van der Waals surface area contributed by atoms with Crippen molar-refractivity contribution in [3.8, 4) is 0 Å². The van der Waals surface area contributed by atoms with E-state index in [4.69, 9.17) is 0 Å². The number of carbonyl (C=O) groups excluding carboxylic acids is 1. The smallest absolute Gasteiger partial charge is 0.168 e. The first kappa shape index (κ1) is 13.8. The molecule has 0 aliphatic carbocycles. The maximum absolute atomic E-state index is 12.1. The first-order valence-electron chi connectivity index (χ1n) is 6.46. The summed E-state index contributed by atoms with van der Waals surface area (Å²) in [5.74, 6) is 1.18. The minimum Gasteiger partial charge on any atom is -0.294 e. The van der Waals surface area contributed by atoms with Crippen LogP contribution in [0.25, 0.3) is 0 Å². The van der Waals surface area contributed by atoms with Crippen molar-refractivity contribution in [1.29, 1.82) is 0 Å². The third-order valence-corrected chi connectivity index (χ3v) is 3.81. The molecule has 0 spiro atoms. The van der Waals surface area contributed by atoms with E-state index in [-0.39, 0.29) is 5.78 Å². The van der Waals surface area contributed by atoms with Gasteiger partial charge in [-0.3, -0.25) is 4.79 Å². The highest BCUT2D eigenvalue weighted by Gasteiger charge is 2.07. The van der Waals surface area contributed by atoms with Gasteiger partial charge in [-0.05, 0) is 24.3 Å². The fourth-order valence-corrected chi connectivity index (χ4v) is 2.50. The molecule has 0 saturated carbocycles. The number of hydrogen-bond donors (Lipinski definition) is 0. The highest BCUT2D eigenvalue weighted by Crippen LogP contribution is 2.17. The normalized spacial score (nSPS) is 10.4. The van der Waals surface area contributed by atoms with Crippen molar-refractivity contribution >= 4 is 17.5 Å². The third kappa shape index (κ3) is 4.21. The van der Waals surface area contributed by atoms with Crippen LogP contribution in [0, 0.1) is 0 Å². The second-order valence-corrected chi connectivity index (χ2v) is 5.40. The van der Waals surface area contributed by atoms with Gasteiger partial charge in [-0.1, -0.05) is 43.3 Å². The van der Waals surface area contributed by atoms with Crippen LogP contribution in [0.2, 0.25) is 0 Å². The van der Waals surface area contributed by atoms with E-state index < -0.39 is 0 Å². The Morgan fingerprint density at radius 1 is 1.11 bits per heavy atom. The molecule has 2 nitrogen and oxygen atoms in total. The molecule has 1 heterocycles. The first-order valence-corrected chi connectivity index (χ1v) is 7.45. The summed E-state index contributed by atoms with van der Waals surface area (Å²) in [7, 11) is 0. The average molecular weight is 271 g/mol. The molecule has 0 amide bonds. The molecule has 2 rings (SSSR count). The molecule has 0 aliphatic rings. The molecular formula is C16H17NOS. The topological polar surface area (TPSA) is 30.0 Å². The summed E-state index contributed by atoms with van der Waals surface area (Å²) < 4.78 is 0. The lowest BCUT2D eigenvalue weighted by atomic mass is 10.1. The molecule has 0 fully saturated rings. The van der Waals surface area contributed by atoms with Crippen LogP contribution in [0.4, 0.5) is 0 Å². The van der Waals surface area contributed by atoms with E-state index in [1.807, 2.05) is 48.5 Å². The van der Waals surface area contributed by atoms with Crippen LogP contribution >= 0.6 is 11.8 Å². The molecular weight excluding hydrogens is 254 g/mol. The summed E-state index contributed by atoms with van der Waals surface area (Å²) >= 11 is 1.74. The minimum absolute atomic E-state index is 0.116. The molecule has 0 unspecified atom stereocenters. The van der Waals surface area contributed by atoms with Gasteiger partial charge >= 0.3 is 0 Å². The van der Waals surface area contributed by atoms with Gasteiger partial charge in [0.2, 0.25) is 0 Å². The lowest BCUT2D eigenvalue weighted by Crippen LogP contribution is -2.05. The molecule has 19 heavy (non-hydrogen) atoms. The Morgan fingerprint density at radius 3 is 2.63 bits per heavy atom. The Kier molecular flexibility index (Phi) is 5.16. The molecule has 0 aliphatic heterocycles. The SMILES string of the molecule is CCCSc1cccc(CC(=O)c2ccccc2)n1. The van der Waals surface area contributed by atoms with Crippen molar-refractivity contribution in [2.75, 3.05) is 5.75 Å². The average Bonchev–Trinajstić information content (AvgIpc) is 2.46. The van der Waals surface area contributed by atoms with Crippen molar-refractivity contribution < 1.29 is 4.79 Å². The number of thioether (sulfide) groups is 1. The zero-order chi connectivity index (χ0) is 13.5. The maximum atomic E-state index is 12.1. The minimum atomic E-state index is 0.116. The fraction of sp³-hybridized carbons (Fsp3) is 0.250. The molecule has 1 aromatic heterocycles. The molecule has 3 heteroatoms. The van der Waals surface area contributed by atoms with Crippen LogP contribution in [0.1, 0.15) is 29.4 Å².